The molecule has 10 heteroatoms. The summed E-state index contributed by atoms with van der Waals surface area (Å²) in [6.07, 6.45) is -5.11. The summed E-state index contributed by atoms with van der Waals surface area (Å²) in [6.45, 7) is 2.30. The molecule has 0 aromatic heterocycles. The molecule has 0 atom stereocenters. The van der Waals surface area contributed by atoms with Crippen molar-refractivity contribution < 1.29 is 46.4 Å². The molecular weight excluding hydrogens is 349 g/mol. The van der Waals surface area contributed by atoms with Crippen LogP contribution in [0.15, 0.2) is 0 Å². The lowest BCUT2D eigenvalue weighted by Gasteiger charge is -2.08. The number of alkyl halides is 3. The third-order valence-electron chi connectivity index (χ3n) is 2.80. The predicted molar refractivity (Wildman–Crippen MR) is 80.2 cm³/mol. The molecule has 0 spiro atoms. The maximum atomic E-state index is 11.9. The Morgan fingerprint density at radius 1 is 0.720 bits per heavy atom. The first-order valence-electron chi connectivity index (χ1n) is 7.85. The lowest BCUT2D eigenvalue weighted by molar-refractivity contribution is -0.171. The van der Waals surface area contributed by atoms with Gasteiger partial charge in [-0.25, -0.2) is 0 Å². The quantitative estimate of drug-likeness (QED) is 0.299. The lowest BCUT2D eigenvalue weighted by Crippen LogP contribution is -2.22. The summed E-state index contributed by atoms with van der Waals surface area (Å²) in [6, 6.07) is 0. The van der Waals surface area contributed by atoms with E-state index in [9.17, 15) is 22.8 Å². The second kappa shape index (κ2) is 15.1. The van der Waals surface area contributed by atoms with Crippen LogP contribution < -0.4 is 0 Å². The standard InChI is InChI=1S/C15H25F3O7/c1-21-14(20)4-6-23-8-10-25-12-11-24-9-7-22-5-2-3-13(19)15(16,17)18/h2-12H2,1H3. The number of methoxy groups -OCH3 is 1. The highest BCUT2D eigenvalue weighted by Gasteiger charge is 2.37. The van der Waals surface area contributed by atoms with Gasteiger partial charge in [-0.2, -0.15) is 13.2 Å². The molecule has 0 unspecified atom stereocenters. The number of esters is 1. The molecule has 0 aromatic rings. The molecule has 25 heavy (non-hydrogen) atoms. The van der Waals surface area contributed by atoms with Crippen LogP contribution in [0.2, 0.25) is 0 Å². The summed E-state index contributed by atoms with van der Waals surface area (Å²) < 4.78 is 60.8. The van der Waals surface area contributed by atoms with E-state index in [0.29, 0.717) is 26.4 Å². The molecule has 0 aliphatic carbocycles. The molecule has 0 rings (SSSR count). The van der Waals surface area contributed by atoms with Crippen molar-refractivity contribution in [2.24, 2.45) is 0 Å². The smallest absolute Gasteiger partial charge is 0.449 e. The molecule has 0 amide bonds. The Bertz CT molecular complexity index is 362. The van der Waals surface area contributed by atoms with E-state index >= 15 is 0 Å². The molecule has 148 valence electrons. The third kappa shape index (κ3) is 16.0. The van der Waals surface area contributed by atoms with Gasteiger partial charge in [-0.15, -0.1) is 0 Å². The van der Waals surface area contributed by atoms with Crippen molar-refractivity contribution in [1.29, 1.82) is 0 Å². The van der Waals surface area contributed by atoms with E-state index in [1.807, 2.05) is 0 Å². The zero-order valence-electron chi connectivity index (χ0n) is 14.3. The monoisotopic (exact) mass is 374 g/mol. The van der Waals surface area contributed by atoms with Crippen molar-refractivity contribution in [2.45, 2.75) is 25.4 Å². The van der Waals surface area contributed by atoms with Crippen LogP contribution in [0.5, 0.6) is 0 Å². The normalized spacial score (nSPS) is 11.5. The minimum absolute atomic E-state index is 0.0252. The van der Waals surface area contributed by atoms with Gasteiger partial charge in [0.05, 0.1) is 59.8 Å². The van der Waals surface area contributed by atoms with E-state index in [0.717, 1.165) is 0 Å². The summed E-state index contributed by atoms with van der Waals surface area (Å²) >= 11 is 0. The van der Waals surface area contributed by atoms with Gasteiger partial charge >= 0.3 is 12.1 Å². The first-order valence-corrected chi connectivity index (χ1v) is 7.85. The predicted octanol–water partition coefficient (Wildman–Crippen LogP) is 1.53. The molecule has 0 radical (unpaired) electrons. The second-order valence-corrected chi connectivity index (χ2v) is 4.80. The van der Waals surface area contributed by atoms with Gasteiger partial charge in [-0.1, -0.05) is 0 Å². The minimum Gasteiger partial charge on any atom is -0.469 e. The Balaban J connectivity index is 3.17. The summed E-state index contributed by atoms with van der Waals surface area (Å²) in [4.78, 5) is 21.4. The fourth-order valence-corrected chi connectivity index (χ4v) is 1.50. The molecule has 0 saturated carbocycles. The zero-order chi connectivity index (χ0) is 19.0. The number of halogens is 3. The van der Waals surface area contributed by atoms with Gasteiger partial charge in [-0.3, -0.25) is 9.59 Å². The summed E-state index contributed by atoms with van der Waals surface area (Å²) in [7, 11) is 1.31. The van der Waals surface area contributed by atoms with Gasteiger partial charge in [0.2, 0.25) is 5.78 Å². The number of ether oxygens (including phenoxy) is 5. The number of hydrogen-bond donors (Lipinski definition) is 0. The molecule has 0 bridgehead atoms. The Morgan fingerprint density at radius 2 is 1.16 bits per heavy atom. The summed E-state index contributed by atoms with van der Waals surface area (Å²) in [5.41, 5.74) is 0. The van der Waals surface area contributed by atoms with Crippen molar-refractivity contribution >= 4 is 11.8 Å². The van der Waals surface area contributed by atoms with E-state index in [1.165, 1.54) is 7.11 Å². The van der Waals surface area contributed by atoms with Gasteiger partial charge in [0.15, 0.2) is 0 Å². The maximum absolute atomic E-state index is 11.9. The van der Waals surface area contributed by atoms with E-state index in [4.69, 9.17) is 18.9 Å². The Labute approximate surface area is 144 Å². The fraction of sp³-hybridized carbons (Fsp3) is 0.867. The van der Waals surface area contributed by atoms with E-state index in [-0.39, 0.29) is 45.2 Å². The molecule has 0 heterocycles. The van der Waals surface area contributed by atoms with E-state index in [2.05, 4.69) is 4.74 Å². The highest BCUT2D eigenvalue weighted by Crippen LogP contribution is 2.18. The van der Waals surface area contributed by atoms with Crippen molar-refractivity contribution in [3.8, 4) is 0 Å². The van der Waals surface area contributed by atoms with Crippen LogP contribution in [0.4, 0.5) is 13.2 Å². The largest absolute Gasteiger partial charge is 0.469 e. The molecule has 0 N–H and O–H groups in total. The number of hydrogen-bond acceptors (Lipinski definition) is 7. The zero-order valence-corrected chi connectivity index (χ0v) is 14.3. The first-order chi connectivity index (χ1) is 11.9. The molecule has 0 fully saturated rings. The topological polar surface area (TPSA) is 80.3 Å². The van der Waals surface area contributed by atoms with Crippen LogP contribution in [-0.4, -0.2) is 77.9 Å². The van der Waals surface area contributed by atoms with Crippen LogP contribution in [0, 0.1) is 0 Å². The fourth-order valence-electron chi connectivity index (χ4n) is 1.50. The second-order valence-electron chi connectivity index (χ2n) is 4.80. The molecule has 0 saturated heterocycles. The lowest BCUT2D eigenvalue weighted by atomic mass is 10.2. The SMILES string of the molecule is COC(=O)CCOCCOCCOCCOCCCC(=O)C(F)(F)F. The molecule has 7 nitrogen and oxygen atoms in total. The highest BCUT2D eigenvalue weighted by atomic mass is 19.4. The molecular formula is C15H25F3O7. The van der Waals surface area contributed by atoms with Gasteiger partial charge in [0.25, 0.3) is 0 Å². The van der Waals surface area contributed by atoms with Crippen molar-refractivity contribution in [3.63, 3.8) is 0 Å². The Morgan fingerprint density at radius 3 is 1.60 bits per heavy atom. The average molecular weight is 374 g/mol. The van der Waals surface area contributed by atoms with Gasteiger partial charge in [0, 0.05) is 13.0 Å². The van der Waals surface area contributed by atoms with Crippen LogP contribution >= 0.6 is 0 Å². The summed E-state index contributed by atoms with van der Waals surface area (Å²) in [5, 5.41) is 0. The molecule has 0 aromatic carbocycles. The Kier molecular flexibility index (Phi) is 14.3. The highest BCUT2D eigenvalue weighted by molar-refractivity contribution is 5.83. The van der Waals surface area contributed by atoms with Gasteiger partial charge < -0.3 is 23.7 Å². The van der Waals surface area contributed by atoms with Gasteiger partial charge in [0.1, 0.15) is 0 Å². The number of Topliss-reactive ketones (excluding diaryl/α,β-unsaturated/α-hetero) is 1. The van der Waals surface area contributed by atoms with Crippen LogP contribution in [0.3, 0.4) is 0 Å². The van der Waals surface area contributed by atoms with Crippen LogP contribution in [-0.2, 0) is 33.3 Å². The van der Waals surface area contributed by atoms with Crippen molar-refractivity contribution in [2.75, 3.05) is 60.0 Å². The first kappa shape index (κ1) is 23.8. The van der Waals surface area contributed by atoms with Crippen LogP contribution in [0.1, 0.15) is 19.3 Å². The summed E-state index contributed by atoms with van der Waals surface area (Å²) in [5.74, 6) is -2.07. The number of rotatable bonds is 16. The molecule has 0 aliphatic heterocycles. The van der Waals surface area contributed by atoms with Crippen molar-refractivity contribution in [1.82, 2.24) is 0 Å². The minimum atomic E-state index is -4.77. The van der Waals surface area contributed by atoms with Crippen LogP contribution in [0.25, 0.3) is 0 Å². The number of ketones is 1. The number of carbonyl (C=O) groups excluding carboxylic acids is 2. The maximum Gasteiger partial charge on any atom is 0.449 e. The van der Waals surface area contributed by atoms with E-state index < -0.39 is 18.4 Å². The average Bonchev–Trinajstić information content (AvgIpc) is 2.56. The molecule has 0 aliphatic rings. The third-order valence-corrected chi connectivity index (χ3v) is 2.80. The Hall–Kier alpha value is -1.23. The number of carbonyl (C=O) groups is 2. The van der Waals surface area contributed by atoms with E-state index in [1.54, 1.807) is 0 Å². The van der Waals surface area contributed by atoms with Crippen molar-refractivity contribution in [3.05, 3.63) is 0 Å². The van der Waals surface area contributed by atoms with Gasteiger partial charge in [-0.05, 0) is 6.42 Å².